The Morgan fingerprint density at radius 1 is 1.27 bits per heavy atom. The average Bonchev–Trinajstić information content (AvgIpc) is 2.67. The van der Waals surface area contributed by atoms with Crippen molar-refractivity contribution >= 4 is 11.4 Å². The highest BCUT2D eigenvalue weighted by Crippen LogP contribution is 2.50. The van der Waals surface area contributed by atoms with Gasteiger partial charge in [0.05, 0.1) is 24.2 Å². The summed E-state index contributed by atoms with van der Waals surface area (Å²) in [5.41, 5.74) is 2.32. The lowest BCUT2D eigenvalue weighted by Gasteiger charge is -2.43. The van der Waals surface area contributed by atoms with Gasteiger partial charge in [-0.15, -0.1) is 0 Å². The summed E-state index contributed by atoms with van der Waals surface area (Å²) in [7, 11) is 1.55. The van der Waals surface area contributed by atoms with Crippen LogP contribution in [0.5, 0.6) is 5.75 Å². The molecule has 136 valence electrons. The second-order valence-corrected chi connectivity index (χ2v) is 6.63. The second kappa shape index (κ2) is 6.57. The van der Waals surface area contributed by atoms with E-state index < -0.39 is 4.92 Å². The molecule has 0 spiro atoms. The van der Waals surface area contributed by atoms with Gasteiger partial charge in [-0.3, -0.25) is 10.1 Å². The van der Waals surface area contributed by atoms with Gasteiger partial charge in [-0.25, -0.2) is 4.39 Å². The molecule has 0 amide bonds. The Kier molecular flexibility index (Phi) is 4.24. The minimum absolute atomic E-state index is 0.0146. The summed E-state index contributed by atoms with van der Waals surface area (Å²) >= 11 is 0. The van der Waals surface area contributed by atoms with E-state index in [1.54, 1.807) is 25.3 Å². The summed E-state index contributed by atoms with van der Waals surface area (Å²) in [6, 6.07) is 8.99. The number of ether oxygens (including phenoxy) is 2. The molecule has 7 heteroatoms. The first-order valence-electron chi connectivity index (χ1n) is 8.58. The maximum Gasteiger partial charge on any atom is 0.270 e. The van der Waals surface area contributed by atoms with Crippen LogP contribution in [0.25, 0.3) is 0 Å². The molecule has 0 bridgehead atoms. The molecule has 1 saturated heterocycles. The quantitative estimate of drug-likeness (QED) is 0.651. The van der Waals surface area contributed by atoms with E-state index in [0.29, 0.717) is 12.4 Å². The van der Waals surface area contributed by atoms with Crippen LogP contribution in [0.4, 0.5) is 15.8 Å². The Morgan fingerprint density at radius 3 is 2.88 bits per heavy atom. The predicted molar refractivity (Wildman–Crippen MR) is 93.8 cm³/mol. The van der Waals surface area contributed by atoms with Crippen molar-refractivity contribution in [1.29, 1.82) is 0 Å². The number of benzene rings is 2. The molecule has 4 rings (SSSR count). The second-order valence-electron chi connectivity index (χ2n) is 6.63. The van der Waals surface area contributed by atoms with Gasteiger partial charge in [-0.05, 0) is 37.1 Å². The third-order valence-corrected chi connectivity index (χ3v) is 5.19. The number of nitrogens with one attached hydrogen (secondary N) is 1. The molecule has 1 fully saturated rings. The van der Waals surface area contributed by atoms with Crippen LogP contribution in [-0.2, 0) is 4.74 Å². The highest BCUT2D eigenvalue weighted by molar-refractivity contribution is 5.59. The first-order chi connectivity index (χ1) is 12.6. The number of nitrogens with zero attached hydrogens (tertiary/aromatic N) is 1. The topological polar surface area (TPSA) is 73.6 Å². The predicted octanol–water partition coefficient (Wildman–Crippen LogP) is 4.38. The number of methoxy groups -OCH3 is 1. The number of fused-ring (bicyclic) bond motifs is 3. The summed E-state index contributed by atoms with van der Waals surface area (Å²) in [6.45, 7) is 0.621. The molecule has 1 N–H and O–H groups in total. The van der Waals surface area contributed by atoms with E-state index in [1.165, 1.54) is 18.2 Å². The molecule has 2 aliphatic heterocycles. The third-order valence-electron chi connectivity index (χ3n) is 5.19. The summed E-state index contributed by atoms with van der Waals surface area (Å²) in [4.78, 5) is 10.8. The smallest absolute Gasteiger partial charge is 0.270 e. The van der Waals surface area contributed by atoms with Gasteiger partial charge in [0.15, 0.2) is 0 Å². The van der Waals surface area contributed by atoms with E-state index in [1.807, 2.05) is 0 Å². The average molecular weight is 358 g/mol. The normalized spacial score (nSPS) is 24.2. The van der Waals surface area contributed by atoms with Crippen LogP contribution in [0, 0.1) is 21.8 Å². The lowest BCUT2D eigenvalue weighted by Crippen LogP contribution is -2.36. The molecule has 3 atom stereocenters. The molecular weight excluding hydrogens is 339 g/mol. The van der Waals surface area contributed by atoms with Crippen molar-refractivity contribution in [2.45, 2.75) is 25.0 Å². The van der Waals surface area contributed by atoms with E-state index in [-0.39, 0.29) is 29.6 Å². The van der Waals surface area contributed by atoms with Crippen LogP contribution in [0.2, 0.25) is 0 Å². The maximum atomic E-state index is 13.8. The van der Waals surface area contributed by atoms with Crippen molar-refractivity contribution in [1.82, 2.24) is 0 Å². The molecule has 0 saturated carbocycles. The zero-order valence-electron chi connectivity index (χ0n) is 14.3. The van der Waals surface area contributed by atoms with Crippen LogP contribution in [0.1, 0.15) is 36.1 Å². The van der Waals surface area contributed by atoms with Gasteiger partial charge >= 0.3 is 0 Å². The van der Waals surface area contributed by atoms with Crippen molar-refractivity contribution in [2.75, 3.05) is 19.0 Å². The Labute approximate surface area is 150 Å². The van der Waals surface area contributed by atoms with Gasteiger partial charge in [0.2, 0.25) is 0 Å². The van der Waals surface area contributed by atoms with Crippen molar-refractivity contribution in [2.24, 2.45) is 5.92 Å². The fraction of sp³-hybridized carbons (Fsp3) is 0.368. The highest BCUT2D eigenvalue weighted by atomic mass is 19.1. The molecule has 2 heterocycles. The van der Waals surface area contributed by atoms with E-state index in [2.05, 4.69) is 5.32 Å². The maximum absolute atomic E-state index is 13.8. The molecule has 6 nitrogen and oxygen atoms in total. The number of non-ortho nitro benzene ring substituents is 1. The lowest BCUT2D eigenvalue weighted by molar-refractivity contribution is -0.385. The van der Waals surface area contributed by atoms with Gasteiger partial charge in [0, 0.05) is 41.5 Å². The highest BCUT2D eigenvalue weighted by Gasteiger charge is 2.41. The van der Waals surface area contributed by atoms with Gasteiger partial charge in [-0.2, -0.15) is 0 Å². The molecule has 2 aromatic carbocycles. The molecule has 2 aliphatic rings. The van der Waals surface area contributed by atoms with Crippen LogP contribution in [0.15, 0.2) is 36.4 Å². The monoisotopic (exact) mass is 358 g/mol. The van der Waals surface area contributed by atoms with Gasteiger partial charge in [0.1, 0.15) is 11.6 Å². The first-order valence-corrected chi connectivity index (χ1v) is 8.58. The third kappa shape index (κ3) is 2.78. The summed E-state index contributed by atoms with van der Waals surface area (Å²) < 4.78 is 25.2. The molecule has 26 heavy (non-hydrogen) atoms. The first kappa shape index (κ1) is 16.8. The van der Waals surface area contributed by atoms with Crippen LogP contribution in [-0.4, -0.2) is 18.6 Å². The van der Waals surface area contributed by atoms with Gasteiger partial charge in [-0.1, -0.05) is 0 Å². The fourth-order valence-corrected chi connectivity index (χ4v) is 4.03. The number of halogens is 1. The molecule has 0 aliphatic carbocycles. The summed E-state index contributed by atoms with van der Waals surface area (Å²) in [5.74, 6) is 0.321. The molecule has 2 aromatic rings. The van der Waals surface area contributed by atoms with Crippen molar-refractivity contribution in [3.8, 4) is 5.75 Å². The number of hydrogen-bond donors (Lipinski definition) is 1. The number of anilines is 1. The van der Waals surface area contributed by atoms with Crippen molar-refractivity contribution < 1.29 is 18.8 Å². The number of rotatable bonds is 3. The largest absolute Gasteiger partial charge is 0.496 e. The minimum atomic E-state index is -0.413. The van der Waals surface area contributed by atoms with E-state index in [4.69, 9.17) is 9.47 Å². The Balaban J connectivity index is 1.82. The molecular formula is C19H19FN2O4. The van der Waals surface area contributed by atoms with Gasteiger partial charge in [0.25, 0.3) is 5.69 Å². The molecule has 0 aromatic heterocycles. The van der Waals surface area contributed by atoms with E-state index in [0.717, 1.165) is 29.7 Å². The van der Waals surface area contributed by atoms with Crippen LogP contribution < -0.4 is 10.1 Å². The van der Waals surface area contributed by atoms with E-state index in [9.17, 15) is 14.5 Å². The number of nitro benzene ring substituents is 1. The summed E-state index contributed by atoms with van der Waals surface area (Å²) in [5, 5.41) is 14.7. The fourth-order valence-electron chi connectivity index (χ4n) is 4.03. The van der Waals surface area contributed by atoms with Crippen LogP contribution >= 0.6 is 0 Å². The van der Waals surface area contributed by atoms with Crippen molar-refractivity contribution in [3.63, 3.8) is 0 Å². The number of hydrogen-bond acceptors (Lipinski definition) is 5. The molecule has 0 radical (unpaired) electrons. The minimum Gasteiger partial charge on any atom is -0.496 e. The number of nitro groups is 1. The van der Waals surface area contributed by atoms with Crippen LogP contribution in [0.3, 0.4) is 0 Å². The Bertz CT molecular complexity index is 857. The van der Waals surface area contributed by atoms with Gasteiger partial charge < -0.3 is 14.8 Å². The zero-order valence-corrected chi connectivity index (χ0v) is 14.3. The summed E-state index contributed by atoms with van der Waals surface area (Å²) in [6.07, 6.45) is 1.52. The Morgan fingerprint density at radius 2 is 2.12 bits per heavy atom. The van der Waals surface area contributed by atoms with E-state index >= 15 is 0 Å². The standard InChI is InChI=1S/C19H19FN2O4/c1-25-17-7-5-12(22(23)24)10-15(17)18-13-3-2-8-26-19(13)14-9-11(20)4-6-16(14)21-18/h4-7,9-10,13,18-19,21H,2-3,8H2,1H3/t13-,18-,19-/m1/s1. The molecule has 0 unspecified atom stereocenters. The Hall–Kier alpha value is -2.67. The van der Waals surface area contributed by atoms with Crippen molar-refractivity contribution in [3.05, 3.63) is 63.5 Å². The lowest BCUT2D eigenvalue weighted by atomic mass is 9.77. The zero-order chi connectivity index (χ0) is 18.3. The SMILES string of the molecule is COc1ccc([N+](=O)[O-])cc1[C@@H]1Nc2ccc(F)cc2[C@@H]2OCCC[C@H]12.